The minimum atomic E-state index is -0.0163. The van der Waals surface area contributed by atoms with Crippen molar-refractivity contribution in [1.82, 2.24) is 19.6 Å². The Balaban J connectivity index is 1.58. The molecular weight excluding hydrogens is 316 g/mol. The highest BCUT2D eigenvalue weighted by Gasteiger charge is 2.21. The number of amides is 1. The van der Waals surface area contributed by atoms with E-state index >= 15 is 0 Å². The Morgan fingerprint density at radius 1 is 1.32 bits per heavy atom. The number of carbonyl (C=O) groups is 1. The molecule has 0 N–H and O–H groups in total. The largest absolute Gasteiger partial charge is 0.379 e. The third kappa shape index (κ3) is 4.67. The topological polar surface area (TPSA) is 50.6 Å². The molecule has 134 valence electrons. The van der Waals surface area contributed by atoms with E-state index in [0.29, 0.717) is 6.54 Å². The van der Waals surface area contributed by atoms with Crippen LogP contribution >= 0.6 is 0 Å². The van der Waals surface area contributed by atoms with Crippen LogP contribution in [0.1, 0.15) is 12.5 Å². The highest BCUT2D eigenvalue weighted by molar-refractivity contribution is 5.78. The van der Waals surface area contributed by atoms with Crippen molar-refractivity contribution < 1.29 is 9.53 Å². The Bertz CT molecular complexity index is 680. The Morgan fingerprint density at radius 2 is 2.12 bits per heavy atom. The monoisotopic (exact) mass is 342 g/mol. The smallest absolute Gasteiger partial charge is 0.226 e. The number of aromatic nitrogens is 2. The number of hydrogen-bond acceptors (Lipinski definition) is 4. The van der Waals surface area contributed by atoms with E-state index in [1.54, 1.807) is 6.20 Å². The second-order valence-electron chi connectivity index (χ2n) is 6.63. The summed E-state index contributed by atoms with van der Waals surface area (Å²) < 4.78 is 7.19. The highest BCUT2D eigenvalue weighted by Crippen LogP contribution is 2.13. The number of morpholine rings is 1. The quantitative estimate of drug-likeness (QED) is 0.803. The molecule has 0 radical (unpaired) electrons. The van der Waals surface area contributed by atoms with Crippen molar-refractivity contribution >= 4 is 5.91 Å². The van der Waals surface area contributed by atoms with Crippen LogP contribution in [0.5, 0.6) is 0 Å². The van der Waals surface area contributed by atoms with Crippen LogP contribution in [0.4, 0.5) is 0 Å². The van der Waals surface area contributed by atoms with E-state index in [-0.39, 0.29) is 11.8 Å². The molecule has 0 saturated carbocycles. The molecule has 0 bridgehead atoms. The normalized spacial score (nSPS) is 16.6. The lowest BCUT2D eigenvalue weighted by Gasteiger charge is -2.30. The van der Waals surface area contributed by atoms with Gasteiger partial charge in [-0.2, -0.15) is 5.10 Å². The molecule has 1 aliphatic rings. The minimum absolute atomic E-state index is 0.0163. The van der Waals surface area contributed by atoms with E-state index < -0.39 is 0 Å². The fraction of sp³-hybridized carbons (Fsp3) is 0.474. The zero-order chi connectivity index (χ0) is 17.6. The highest BCUT2D eigenvalue weighted by atomic mass is 16.5. The molecule has 1 unspecified atom stereocenters. The second kappa shape index (κ2) is 8.27. The van der Waals surface area contributed by atoms with Gasteiger partial charge in [-0.05, 0) is 23.8 Å². The third-order valence-corrected chi connectivity index (χ3v) is 4.53. The van der Waals surface area contributed by atoms with Crippen LogP contribution in [0.15, 0.2) is 42.7 Å². The Hall–Kier alpha value is -2.18. The molecule has 1 fully saturated rings. The molecule has 25 heavy (non-hydrogen) atoms. The summed E-state index contributed by atoms with van der Waals surface area (Å²) in [4.78, 5) is 16.8. The fourth-order valence-corrected chi connectivity index (χ4v) is 3.20. The number of benzene rings is 1. The minimum Gasteiger partial charge on any atom is -0.379 e. The molecule has 1 amide bonds. The molecule has 1 atom stereocenters. The molecule has 1 aromatic carbocycles. The predicted molar refractivity (Wildman–Crippen MR) is 96.5 cm³/mol. The maximum Gasteiger partial charge on any atom is 0.226 e. The van der Waals surface area contributed by atoms with Crippen molar-refractivity contribution in [3.8, 4) is 5.69 Å². The molecule has 1 saturated heterocycles. The van der Waals surface area contributed by atoms with Gasteiger partial charge < -0.3 is 9.64 Å². The SMILES string of the molecule is CC(CN1CCOCC1)C(=O)N(C)Cc1cccc(-n2cccn2)c1. The van der Waals surface area contributed by atoms with Crippen molar-refractivity contribution in [3.05, 3.63) is 48.3 Å². The van der Waals surface area contributed by atoms with Gasteiger partial charge in [0.1, 0.15) is 0 Å². The van der Waals surface area contributed by atoms with Crippen molar-refractivity contribution in [2.45, 2.75) is 13.5 Å². The van der Waals surface area contributed by atoms with Crippen LogP contribution in [0.25, 0.3) is 5.69 Å². The average molecular weight is 342 g/mol. The van der Waals surface area contributed by atoms with Gasteiger partial charge in [0.15, 0.2) is 0 Å². The lowest BCUT2D eigenvalue weighted by Crippen LogP contribution is -2.43. The summed E-state index contributed by atoms with van der Waals surface area (Å²) in [7, 11) is 1.87. The molecule has 6 nitrogen and oxygen atoms in total. The van der Waals surface area contributed by atoms with Crippen LogP contribution in [0.3, 0.4) is 0 Å². The zero-order valence-electron chi connectivity index (χ0n) is 15.0. The van der Waals surface area contributed by atoms with E-state index in [2.05, 4.69) is 16.1 Å². The van der Waals surface area contributed by atoms with Crippen molar-refractivity contribution in [2.75, 3.05) is 39.9 Å². The predicted octanol–water partition coefficient (Wildman–Crippen LogP) is 1.80. The molecule has 3 rings (SSSR count). The summed E-state index contributed by atoms with van der Waals surface area (Å²) in [6, 6.07) is 10.0. The number of nitrogens with zero attached hydrogens (tertiary/aromatic N) is 4. The standard InChI is InChI=1S/C19H26N4O2/c1-16(14-22-9-11-25-12-10-22)19(24)21(2)15-17-5-3-6-18(13-17)23-8-4-7-20-23/h3-8,13,16H,9-12,14-15H2,1-2H3. The van der Waals surface area contributed by atoms with Gasteiger partial charge in [-0.3, -0.25) is 9.69 Å². The molecule has 1 aromatic heterocycles. The van der Waals surface area contributed by atoms with Gasteiger partial charge in [0.05, 0.1) is 18.9 Å². The van der Waals surface area contributed by atoms with Crippen LogP contribution in [-0.4, -0.2) is 65.4 Å². The maximum absolute atomic E-state index is 12.7. The van der Waals surface area contributed by atoms with E-state index in [1.165, 1.54) is 0 Å². The fourth-order valence-electron chi connectivity index (χ4n) is 3.20. The van der Waals surface area contributed by atoms with Gasteiger partial charge in [-0.15, -0.1) is 0 Å². The Kier molecular flexibility index (Phi) is 5.83. The van der Waals surface area contributed by atoms with Crippen LogP contribution in [0, 0.1) is 5.92 Å². The van der Waals surface area contributed by atoms with Crippen LogP contribution < -0.4 is 0 Å². The molecule has 0 aliphatic carbocycles. The first-order valence-corrected chi connectivity index (χ1v) is 8.77. The van der Waals surface area contributed by atoms with Gasteiger partial charge in [-0.25, -0.2) is 4.68 Å². The molecule has 2 heterocycles. The maximum atomic E-state index is 12.7. The summed E-state index contributed by atoms with van der Waals surface area (Å²) in [5.41, 5.74) is 2.10. The average Bonchev–Trinajstić information content (AvgIpc) is 3.17. The van der Waals surface area contributed by atoms with Crippen LogP contribution in [0.2, 0.25) is 0 Å². The zero-order valence-corrected chi connectivity index (χ0v) is 15.0. The van der Waals surface area contributed by atoms with E-state index in [1.807, 2.05) is 54.0 Å². The molecule has 2 aromatic rings. The number of ether oxygens (including phenoxy) is 1. The van der Waals surface area contributed by atoms with Gasteiger partial charge in [-0.1, -0.05) is 19.1 Å². The lowest BCUT2D eigenvalue weighted by molar-refractivity contribution is -0.135. The van der Waals surface area contributed by atoms with Crippen molar-refractivity contribution in [2.24, 2.45) is 5.92 Å². The first-order valence-electron chi connectivity index (χ1n) is 8.77. The van der Waals surface area contributed by atoms with Crippen molar-refractivity contribution in [3.63, 3.8) is 0 Å². The van der Waals surface area contributed by atoms with Gasteiger partial charge >= 0.3 is 0 Å². The van der Waals surface area contributed by atoms with E-state index in [4.69, 9.17) is 4.74 Å². The van der Waals surface area contributed by atoms with Gasteiger partial charge in [0, 0.05) is 51.5 Å². The lowest BCUT2D eigenvalue weighted by atomic mass is 10.1. The molecule has 1 aliphatic heterocycles. The summed E-state index contributed by atoms with van der Waals surface area (Å²) in [6.07, 6.45) is 3.67. The molecule has 6 heteroatoms. The van der Waals surface area contributed by atoms with E-state index in [9.17, 15) is 4.79 Å². The summed E-state index contributed by atoms with van der Waals surface area (Å²) in [6.45, 7) is 6.74. The van der Waals surface area contributed by atoms with Crippen LogP contribution in [-0.2, 0) is 16.1 Å². The summed E-state index contributed by atoms with van der Waals surface area (Å²) >= 11 is 0. The van der Waals surface area contributed by atoms with Gasteiger partial charge in [0.25, 0.3) is 0 Å². The summed E-state index contributed by atoms with van der Waals surface area (Å²) in [5, 5.41) is 4.26. The van der Waals surface area contributed by atoms with E-state index in [0.717, 1.165) is 44.1 Å². The Labute approximate surface area is 149 Å². The number of hydrogen-bond donors (Lipinski definition) is 0. The molecule has 0 spiro atoms. The van der Waals surface area contributed by atoms with Gasteiger partial charge in [0.2, 0.25) is 5.91 Å². The van der Waals surface area contributed by atoms with Crippen molar-refractivity contribution in [1.29, 1.82) is 0 Å². The Morgan fingerprint density at radius 3 is 2.84 bits per heavy atom. The number of rotatable bonds is 6. The first-order chi connectivity index (χ1) is 12.1. The summed E-state index contributed by atoms with van der Waals surface area (Å²) in [5.74, 6) is 0.161. The number of carbonyl (C=O) groups excluding carboxylic acids is 1. The molecular formula is C19H26N4O2. The first kappa shape index (κ1) is 17.6. The second-order valence-corrected chi connectivity index (χ2v) is 6.63. The third-order valence-electron chi connectivity index (χ3n) is 4.53.